The molecular formula is C23H30N2O4S. The standard InChI is InChI=1S/C23H30N2O4S/c1-3-29-22-13-12-21(16-19(22)2)30(27,28)25(17-20-10-6-4-7-11-20)18-23(26)24-14-8-5-9-15-24/h4,6-7,10-13,16H,3,5,8-9,14-15,17-18H2,1-2H3. The van der Waals surface area contributed by atoms with E-state index in [9.17, 15) is 13.2 Å². The molecule has 0 unspecified atom stereocenters. The summed E-state index contributed by atoms with van der Waals surface area (Å²) in [6.45, 7) is 5.60. The first kappa shape index (κ1) is 22.3. The van der Waals surface area contributed by atoms with Crippen LogP contribution in [-0.4, -0.2) is 49.8 Å². The summed E-state index contributed by atoms with van der Waals surface area (Å²) in [5.74, 6) is 0.521. The number of hydrogen-bond donors (Lipinski definition) is 0. The summed E-state index contributed by atoms with van der Waals surface area (Å²) < 4.78 is 33.8. The number of nitrogens with zero attached hydrogens (tertiary/aromatic N) is 2. The van der Waals surface area contributed by atoms with Gasteiger partial charge in [-0.3, -0.25) is 4.79 Å². The number of ether oxygens (including phenoxy) is 1. The van der Waals surface area contributed by atoms with Gasteiger partial charge in [0.05, 0.1) is 18.0 Å². The third-order valence-corrected chi connectivity index (χ3v) is 7.09. The van der Waals surface area contributed by atoms with Crippen LogP contribution in [0.4, 0.5) is 0 Å². The zero-order valence-electron chi connectivity index (χ0n) is 17.7. The van der Waals surface area contributed by atoms with Crippen LogP contribution >= 0.6 is 0 Å². The van der Waals surface area contributed by atoms with E-state index < -0.39 is 10.0 Å². The van der Waals surface area contributed by atoms with Gasteiger partial charge >= 0.3 is 0 Å². The molecule has 0 radical (unpaired) electrons. The molecule has 1 fully saturated rings. The normalized spacial score (nSPS) is 14.7. The third kappa shape index (κ3) is 5.40. The largest absolute Gasteiger partial charge is 0.494 e. The van der Waals surface area contributed by atoms with Crippen molar-refractivity contribution in [2.24, 2.45) is 0 Å². The molecule has 0 saturated carbocycles. The summed E-state index contributed by atoms with van der Waals surface area (Å²) in [5.41, 5.74) is 1.59. The number of benzene rings is 2. The van der Waals surface area contributed by atoms with Crippen molar-refractivity contribution in [1.82, 2.24) is 9.21 Å². The summed E-state index contributed by atoms with van der Waals surface area (Å²) in [6.07, 6.45) is 3.05. The molecule has 7 heteroatoms. The van der Waals surface area contributed by atoms with Gasteiger partial charge in [0.1, 0.15) is 5.75 Å². The van der Waals surface area contributed by atoms with Gasteiger partial charge in [0.25, 0.3) is 0 Å². The molecule has 0 bridgehead atoms. The lowest BCUT2D eigenvalue weighted by atomic mass is 10.1. The van der Waals surface area contributed by atoms with Gasteiger partial charge in [-0.1, -0.05) is 30.3 Å². The molecule has 2 aromatic rings. The highest BCUT2D eigenvalue weighted by Gasteiger charge is 2.29. The highest BCUT2D eigenvalue weighted by molar-refractivity contribution is 7.89. The number of rotatable bonds is 8. The zero-order chi connectivity index (χ0) is 21.6. The maximum atomic E-state index is 13.5. The van der Waals surface area contributed by atoms with Gasteiger partial charge < -0.3 is 9.64 Å². The van der Waals surface area contributed by atoms with Crippen LogP contribution in [0.1, 0.15) is 37.3 Å². The van der Waals surface area contributed by atoms with Crippen LogP contribution in [0, 0.1) is 6.92 Å². The van der Waals surface area contributed by atoms with Crippen LogP contribution in [0.5, 0.6) is 5.75 Å². The molecule has 0 N–H and O–H groups in total. The Morgan fingerprint density at radius 3 is 2.40 bits per heavy atom. The summed E-state index contributed by atoms with van der Waals surface area (Å²) in [6, 6.07) is 14.2. The summed E-state index contributed by atoms with van der Waals surface area (Å²) in [4.78, 5) is 14.8. The van der Waals surface area contributed by atoms with Gasteiger partial charge in [-0.05, 0) is 62.4 Å². The van der Waals surface area contributed by atoms with Crippen LogP contribution in [-0.2, 0) is 21.4 Å². The molecular weight excluding hydrogens is 400 g/mol. The minimum atomic E-state index is -3.86. The third-order valence-electron chi connectivity index (χ3n) is 5.31. The van der Waals surface area contributed by atoms with E-state index >= 15 is 0 Å². The molecule has 2 aromatic carbocycles. The Labute approximate surface area is 179 Å². The average molecular weight is 431 g/mol. The van der Waals surface area contributed by atoms with Crippen molar-refractivity contribution in [2.45, 2.75) is 44.6 Å². The molecule has 162 valence electrons. The lowest BCUT2D eigenvalue weighted by molar-refractivity contribution is -0.132. The number of carbonyl (C=O) groups excluding carboxylic acids is 1. The van der Waals surface area contributed by atoms with Crippen molar-refractivity contribution in [3.63, 3.8) is 0 Å². The van der Waals surface area contributed by atoms with Crippen LogP contribution in [0.25, 0.3) is 0 Å². The van der Waals surface area contributed by atoms with Crippen molar-refractivity contribution >= 4 is 15.9 Å². The second kappa shape index (κ2) is 10.1. The Morgan fingerprint density at radius 2 is 1.77 bits per heavy atom. The average Bonchev–Trinajstić information content (AvgIpc) is 2.76. The minimum Gasteiger partial charge on any atom is -0.494 e. The highest BCUT2D eigenvalue weighted by atomic mass is 32.2. The number of piperidine rings is 1. The van der Waals surface area contributed by atoms with E-state index in [2.05, 4.69) is 0 Å². The van der Waals surface area contributed by atoms with Gasteiger partial charge in [-0.15, -0.1) is 0 Å². The first-order valence-electron chi connectivity index (χ1n) is 10.5. The summed E-state index contributed by atoms with van der Waals surface area (Å²) >= 11 is 0. The molecule has 1 aliphatic rings. The predicted molar refractivity (Wildman–Crippen MR) is 117 cm³/mol. The van der Waals surface area contributed by atoms with Gasteiger partial charge in [-0.2, -0.15) is 4.31 Å². The SMILES string of the molecule is CCOc1ccc(S(=O)(=O)N(CC(=O)N2CCCCC2)Cc2ccccc2)cc1C. The summed E-state index contributed by atoms with van der Waals surface area (Å²) in [7, 11) is -3.86. The molecule has 0 aliphatic carbocycles. The monoisotopic (exact) mass is 430 g/mol. The fraction of sp³-hybridized carbons (Fsp3) is 0.435. The fourth-order valence-electron chi connectivity index (χ4n) is 3.66. The molecule has 1 amide bonds. The Morgan fingerprint density at radius 1 is 1.07 bits per heavy atom. The number of sulfonamides is 1. The molecule has 1 saturated heterocycles. The smallest absolute Gasteiger partial charge is 0.243 e. The Kier molecular flexibility index (Phi) is 7.50. The van der Waals surface area contributed by atoms with Crippen LogP contribution in [0.2, 0.25) is 0 Å². The second-order valence-electron chi connectivity index (χ2n) is 7.56. The van der Waals surface area contributed by atoms with Gasteiger partial charge in [0.15, 0.2) is 0 Å². The van der Waals surface area contributed by atoms with Gasteiger partial charge in [-0.25, -0.2) is 8.42 Å². The highest BCUT2D eigenvalue weighted by Crippen LogP contribution is 2.25. The van der Waals surface area contributed by atoms with Crippen LogP contribution in [0.15, 0.2) is 53.4 Å². The number of likely N-dealkylation sites (tertiary alicyclic amines) is 1. The fourth-order valence-corrected chi connectivity index (χ4v) is 5.12. The van der Waals surface area contributed by atoms with Crippen molar-refractivity contribution in [1.29, 1.82) is 0 Å². The maximum absolute atomic E-state index is 13.5. The molecule has 1 heterocycles. The second-order valence-corrected chi connectivity index (χ2v) is 9.50. The van der Waals surface area contributed by atoms with E-state index in [0.29, 0.717) is 25.4 Å². The molecule has 0 spiro atoms. The first-order valence-corrected chi connectivity index (χ1v) is 11.9. The quantitative estimate of drug-likeness (QED) is 0.642. The van der Waals surface area contributed by atoms with Crippen LogP contribution < -0.4 is 4.74 Å². The van der Waals surface area contributed by atoms with E-state index in [0.717, 1.165) is 30.4 Å². The topological polar surface area (TPSA) is 66.9 Å². The molecule has 30 heavy (non-hydrogen) atoms. The van der Waals surface area contributed by atoms with Crippen molar-refractivity contribution in [3.8, 4) is 5.75 Å². The molecule has 3 rings (SSSR count). The van der Waals surface area contributed by atoms with Gasteiger partial charge in [0.2, 0.25) is 15.9 Å². The number of amides is 1. The predicted octanol–water partition coefficient (Wildman–Crippen LogP) is 3.60. The van der Waals surface area contributed by atoms with Crippen molar-refractivity contribution in [3.05, 3.63) is 59.7 Å². The zero-order valence-corrected chi connectivity index (χ0v) is 18.5. The number of hydrogen-bond acceptors (Lipinski definition) is 4. The molecule has 1 aliphatic heterocycles. The summed E-state index contributed by atoms with van der Waals surface area (Å²) in [5, 5.41) is 0. The molecule has 0 aromatic heterocycles. The first-order chi connectivity index (χ1) is 14.4. The minimum absolute atomic E-state index is 0.142. The maximum Gasteiger partial charge on any atom is 0.243 e. The molecule has 0 atom stereocenters. The van der Waals surface area contributed by atoms with E-state index in [4.69, 9.17) is 4.74 Å². The van der Waals surface area contributed by atoms with E-state index in [1.165, 1.54) is 4.31 Å². The Balaban J connectivity index is 1.89. The Bertz CT molecular complexity index is 954. The number of aryl methyl sites for hydroxylation is 1. The van der Waals surface area contributed by atoms with Crippen LogP contribution in [0.3, 0.4) is 0 Å². The van der Waals surface area contributed by atoms with Gasteiger partial charge in [0, 0.05) is 19.6 Å². The molecule has 6 nitrogen and oxygen atoms in total. The lowest BCUT2D eigenvalue weighted by Gasteiger charge is -2.30. The Hall–Kier alpha value is -2.38. The van der Waals surface area contributed by atoms with Crippen molar-refractivity contribution < 1.29 is 17.9 Å². The van der Waals surface area contributed by atoms with Crippen molar-refractivity contribution in [2.75, 3.05) is 26.2 Å². The van der Waals surface area contributed by atoms with E-state index in [1.54, 1.807) is 23.1 Å². The number of carbonyl (C=O) groups is 1. The van der Waals surface area contributed by atoms with E-state index in [-0.39, 0.29) is 23.9 Å². The lowest BCUT2D eigenvalue weighted by Crippen LogP contribution is -2.44. The van der Waals surface area contributed by atoms with E-state index in [1.807, 2.05) is 44.2 Å².